The summed E-state index contributed by atoms with van der Waals surface area (Å²) in [5.74, 6) is 3.68. The number of hydrogen-bond donors (Lipinski definition) is 0. The summed E-state index contributed by atoms with van der Waals surface area (Å²) in [6, 6.07) is 21.2. The van der Waals surface area contributed by atoms with E-state index in [0.29, 0.717) is 0 Å². The number of anilines is 2. The molecule has 0 spiro atoms. The zero-order chi connectivity index (χ0) is 24.4. The molecule has 6 heteroatoms. The van der Waals surface area contributed by atoms with Crippen LogP contribution in [0.3, 0.4) is 0 Å². The zero-order valence-electron chi connectivity index (χ0n) is 21.0. The minimum absolute atomic E-state index is 0.797. The fourth-order valence-electron chi connectivity index (χ4n) is 4.71. The Labute approximate surface area is 207 Å². The maximum atomic E-state index is 4.91. The molecule has 2 aromatic carbocycles. The number of hydrogen-bond acceptors (Lipinski definition) is 6. The van der Waals surface area contributed by atoms with E-state index in [1.165, 1.54) is 16.7 Å². The predicted octanol–water partition coefficient (Wildman–Crippen LogP) is 5.08. The van der Waals surface area contributed by atoms with Crippen LogP contribution in [0.1, 0.15) is 34.0 Å². The van der Waals surface area contributed by atoms with Gasteiger partial charge in [0.05, 0.1) is 5.69 Å². The molecule has 0 unspecified atom stereocenters. The summed E-state index contributed by atoms with van der Waals surface area (Å²) in [5.41, 5.74) is 6.93. The Morgan fingerprint density at radius 2 is 1.34 bits per heavy atom. The fourth-order valence-corrected chi connectivity index (χ4v) is 4.71. The minimum Gasteiger partial charge on any atom is -0.353 e. The van der Waals surface area contributed by atoms with Gasteiger partial charge in [-0.15, -0.1) is 0 Å². The van der Waals surface area contributed by atoms with Crippen LogP contribution < -0.4 is 9.80 Å². The molecule has 0 atom stereocenters. The normalized spacial score (nSPS) is 13.8. The number of benzene rings is 2. The van der Waals surface area contributed by atoms with E-state index in [1.54, 1.807) is 0 Å². The van der Waals surface area contributed by atoms with Gasteiger partial charge in [0.2, 0.25) is 0 Å². The molecule has 3 heterocycles. The Morgan fingerprint density at radius 1 is 0.686 bits per heavy atom. The summed E-state index contributed by atoms with van der Waals surface area (Å²) in [6.45, 7) is 11.7. The van der Waals surface area contributed by atoms with E-state index >= 15 is 0 Å². The molecule has 35 heavy (non-hydrogen) atoms. The Hall–Kier alpha value is -3.80. The maximum absolute atomic E-state index is 4.91. The Morgan fingerprint density at radius 3 is 2.06 bits per heavy atom. The van der Waals surface area contributed by atoms with E-state index in [2.05, 4.69) is 76.1 Å². The van der Waals surface area contributed by atoms with Crippen molar-refractivity contribution in [1.29, 1.82) is 0 Å². The Kier molecular flexibility index (Phi) is 6.45. The van der Waals surface area contributed by atoms with Crippen molar-refractivity contribution in [3.05, 3.63) is 94.7 Å². The van der Waals surface area contributed by atoms with Crippen molar-refractivity contribution in [1.82, 2.24) is 19.9 Å². The highest BCUT2D eigenvalue weighted by Crippen LogP contribution is 2.27. The minimum atomic E-state index is 0.797. The summed E-state index contributed by atoms with van der Waals surface area (Å²) < 4.78 is 0. The highest BCUT2D eigenvalue weighted by atomic mass is 15.3. The van der Waals surface area contributed by atoms with Gasteiger partial charge in [-0.1, -0.05) is 60.2 Å². The molecule has 2 aromatic heterocycles. The Bertz CT molecular complexity index is 1310. The van der Waals surface area contributed by atoms with Crippen molar-refractivity contribution < 1.29 is 0 Å². The van der Waals surface area contributed by atoms with Crippen LogP contribution in [-0.2, 0) is 6.42 Å². The molecule has 0 saturated carbocycles. The summed E-state index contributed by atoms with van der Waals surface area (Å²) >= 11 is 0. The van der Waals surface area contributed by atoms with Crippen LogP contribution in [0.4, 0.5) is 11.6 Å². The summed E-state index contributed by atoms with van der Waals surface area (Å²) in [7, 11) is 0. The van der Waals surface area contributed by atoms with Gasteiger partial charge in [0.15, 0.2) is 0 Å². The highest BCUT2D eigenvalue weighted by molar-refractivity contribution is 5.63. The van der Waals surface area contributed by atoms with Crippen LogP contribution >= 0.6 is 0 Å². The van der Waals surface area contributed by atoms with Gasteiger partial charge in [-0.2, -0.15) is 0 Å². The van der Waals surface area contributed by atoms with Gasteiger partial charge in [-0.25, -0.2) is 19.9 Å². The van der Waals surface area contributed by atoms with Crippen LogP contribution in [0.15, 0.2) is 60.7 Å². The van der Waals surface area contributed by atoms with E-state index in [-0.39, 0.29) is 0 Å². The lowest BCUT2D eigenvalue weighted by molar-refractivity contribution is 0.635. The lowest BCUT2D eigenvalue weighted by Gasteiger charge is -2.37. The molecule has 5 rings (SSSR count). The topological polar surface area (TPSA) is 58.0 Å². The molecule has 0 N–H and O–H groups in total. The second-order valence-electron chi connectivity index (χ2n) is 9.32. The smallest absolute Gasteiger partial charge is 0.136 e. The first kappa shape index (κ1) is 23.0. The molecule has 1 aliphatic rings. The zero-order valence-corrected chi connectivity index (χ0v) is 21.0. The third kappa shape index (κ3) is 5.16. The number of rotatable bonds is 5. The highest BCUT2D eigenvalue weighted by Gasteiger charge is 2.23. The van der Waals surface area contributed by atoms with Crippen LogP contribution in [0.25, 0.3) is 11.3 Å². The second kappa shape index (κ2) is 9.82. The summed E-state index contributed by atoms with van der Waals surface area (Å²) in [4.78, 5) is 23.8. The van der Waals surface area contributed by atoms with E-state index in [0.717, 1.165) is 72.8 Å². The number of aryl methyl sites for hydroxylation is 4. The van der Waals surface area contributed by atoms with Crippen molar-refractivity contribution in [3.8, 4) is 11.3 Å². The third-order valence-corrected chi connectivity index (χ3v) is 6.60. The van der Waals surface area contributed by atoms with Gasteiger partial charge >= 0.3 is 0 Å². The predicted molar refractivity (Wildman–Crippen MR) is 142 cm³/mol. The Balaban J connectivity index is 1.36. The van der Waals surface area contributed by atoms with E-state index in [9.17, 15) is 0 Å². The summed E-state index contributed by atoms with van der Waals surface area (Å²) in [6.07, 6.45) is 0.841. The van der Waals surface area contributed by atoms with Gasteiger partial charge in [-0.05, 0) is 33.3 Å². The molecule has 4 aromatic rings. The molecule has 1 aliphatic heterocycles. The molecular formula is C29H32N6. The van der Waals surface area contributed by atoms with Gasteiger partial charge in [0.1, 0.15) is 23.3 Å². The average Bonchev–Trinajstić information content (AvgIpc) is 2.87. The number of piperazine rings is 1. The van der Waals surface area contributed by atoms with Crippen LogP contribution in [-0.4, -0.2) is 46.1 Å². The van der Waals surface area contributed by atoms with Crippen LogP contribution in [0.5, 0.6) is 0 Å². The van der Waals surface area contributed by atoms with Crippen molar-refractivity contribution in [2.24, 2.45) is 0 Å². The first-order valence-electron chi connectivity index (χ1n) is 12.3. The molecule has 0 bridgehead atoms. The molecule has 6 nitrogen and oxygen atoms in total. The molecule has 0 radical (unpaired) electrons. The lowest BCUT2D eigenvalue weighted by Crippen LogP contribution is -2.47. The maximum Gasteiger partial charge on any atom is 0.136 e. The largest absolute Gasteiger partial charge is 0.353 e. The van der Waals surface area contributed by atoms with Crippen molar-refractivity contribution in [2.75, 3.05) is 36.0 Å². The first-order valence-corrected chi connectivity index (χ1v) is 12.3. The first-order chi connectivity index (χ1) is 17.0. The fraction of sp³-hybridized carbons (Fsp3) is 0.310. The standard InChI is InChI=1S/C29H32N6/c1-20-10-12-24(13-11-20)18-26-21(2)30-22(3)33-29(26)35-16-14-34(15-17-35)28-19-27(31-23(4)32-28)25-8-6-5-7-9-25/h5-13,19H,14-18H2,1-4H3. The molecule has 1 fully saturated rings. The quantitative estimate of drug-likeness (QED) is 0.410. The molecule has 0 aliphatic carbocycles. The molecular weight excluding hydrogens is 432 g/mol. The van der Waals surface area contributed by atoms with Gasteiger partial charge < -0.3 is 9.80 Å². The van der Waals surface area contributed by atoms with Gasteiger partial charge in [0.25, 0.3) is 0 Å². The van der Waals surface area contributed by atoms with Crippen molar-refractivity contribution in [2.45, 2.75) is 34.1 Å². The van der Waals surface area contributed by atoms with Crippen molar-refractivity contribution in [3.63, 3.8) is 0 Å². The van der Waals surface area contributed by atoms with Crippen LogP contribution in [0.2, 0.25) is 0 Å². The SMILES string of the molecule is Cc1ccc(Cc2c(C)nc(C)nc2N2CCN(c3cc(-c4ccccc4)nc(C)n3)CC2)cc1. The molecule has 0 amide bonds. The number of nitrogens with zero attached hydrogens (tertiary/aromatic N) is 6. The molecule has 1 saturated heterocycles. The second-order valence-corrected chi connectivity index (χ2v) is 9.32. The monoisotopic (exact) mass is 464 g/mol. The molecule has 178 valence electrons. The summed E-state index contributed by atoms with van der Waals surface area (Å²) in [5, 5.41) is 0. The third-order valence-electron chi connectivity index (χ3n) is 6.60. The lowest BCUT2D eigenvalue weighted by atomic mass is 10.0. The van der Waals surface area contributed by atoms with E-state index in [4.69, 9.17) is 9.97 Å². The van der Waals surface area contributed by atoms with E-state index in [1.807, 2.05) is 32.0 Å². The van der Waals surface area contributed by atoms with Gasteiger partial charge in [0, 0.05) is 55.5 Å². The van der Waals surface area contributed by atoms with Gasteiger partial charge in [-0.3, -0.25) is 0 Å². The van der Waals surface area contributed by atoms with Crippen molar-refractivity contribution >= 4 is 11.6 Å². The number of aromatic nitrogens is 4. The average molecular weight is 465 g/mol. The van der Waals surface area contributed by atoms with E-state index < -0.39 is 0 Å². The van der Waals surface area contributed by atoms with Crippen LogP contribution in [0, 0.1) is 27.7 Å².